The van der Waals surface area contributed by atoms with Gasteiger partial charge in [0, 0.05) is 25.1 Å². The highest BCUT2D eigenvalue weighted by atomic mass is 16.3. The fourth-order valence-electron chi connectivity index (χ4n) is 3.91. The first-order chi connectivity index (χ1) is 11.1. The Hall–Kier alpha value is -2.21. The quantitative estimate of drug-likeness (QED) is 0.761. The second-order valence-electron chi connectivity index (χ2n) is 6.63. The molecule has 0 saturated carbocycles. The number of fused-ring (bicyclic) bond motifs is 2. The number of amides is 3. The van der Waals surface area contributed by atoms with Gasteiger partial charge in [0.2, 0.25) is 11.8 Å². The van der Waals surface area contributed by atoms with Crippen LogP contribution in [0.2, 0.25) is 0 Å². The van der Waals surface area contributed by atoms with Crippen molar-refractivity contribution < 1.29 is 19.5 Å². The molecule has 0 bridgehead atoms. The first-order valence-corrected chi connectivity index (χ1v) is 7.97. The van der Waals surface area contributed by atoms with Crippen LogP contribution in [0, 0.1) is 5.92 Å². The molecule has 3 amide bonds. The summed E-state index contributed by atoms with van der Waals surface area (Å²) in [5, 5.41) is 11.6. The highest BCUT2D eigenvalue weighted by Crippen LogP contribution is 2.34. The normalized spacial score (nSPS) is 26.3. The highest BCUT2D eigenvalue weighted by molar-refractivity contribution is 6.05. The van der Waals surface area contributed by atoms with E-state index in [1.54, 1.807) is 4.90 Å². The van der Waals surface area contributed by atoms with Crippen LogP contribution >= 0.6 is 0 Å². The smallest absolute Gasteiger partial charge is 0.255 e. The lowest BCUT2D eigenvalue weighted by Crippen LogP contribution is -2.52. The molecule has 3 aliphatic rings. The monoisotopic (exact) mass is 314 g/mol. The Labute approximate surface area is 133 Å². The van der Waals surface area contributed by atoms with Crippen molar-refractivity contribution in [2.24, 2.45) is 5.92 Å². The molecule has 1 saturated heterocycles. The topological polar surface area (TPSA) is 86.7 Å². The van der Waals surface area contributed by atoms with E-state index >= 15 is 0 Å². The lowest BCUT2D eigenvalue weighted by Gasteiger charge is -2.29. The summed E-state index contributed by atoms with van der Waals surface area (Å²) >= 11 is 0. The molecule has 2 atom stereocenters. The summed E-state index contributed by atoms with van der Waals surface area (Å²) in [5.74, 6) is -0.543. The van der Waals surface area contributed by atoms with E-state index in [-0.39, 0.29) is 36.7 Å². The van der Waals surface area contributed by atoms with Crippen LogP contribution < -0.4 is 5.32 Å². The van der Waals surface area contributed by atoms with Gasteiger partial charge in [-0.2, -0.15) is 0 Å². The van der Waals surface area contributed by atoms with Gasteiger partial charge in [-0.15, -0.1) is 0 Å². The van der Waals surface area contributed by atoms with Crippen LogP contribution in [0.5, 0.6) is 0 Å². The zero-order chi connectivity index (χ0) is 16.1. The van der Waals surface area contributed by atoms with Gasteiger partial charge in [-0.3, -0.25) is 19.7 Å². The van der Waals surface area contributed by atoms with Crippen LogP contribution in [0.1, 0.15) is 39.9 Å². The molecule has 2 unspecified atom stereocenters. The number of rotatable bonds is 2. The second kappa shape index (κ2) is 5.16. The molecule has 1 fully saturated rings. The van der Waals surface area contributed by atoms with E-state index in [2.05, 4.69) is 5.32 Å². The van der Waals surface area contributed by atoms with Crippen LogP contribution in [0.3, 0.4) is 0 Å². The lowest BCUT2D eigenvalue weighted by molar-refractivity contribution is -0.136. The molecular weight excluding hydrogens is 296 g/mol. The van der Waals surface area contributed by atoms with Crippen molar-refractivity contribution in [1.82, 2.24) is 10.2 Å². The SMILES string of the molecule is O=C1CCC(N2Cc3cc4c(cc3C2=O)CC(CO)C4)C(=O)N1. The van der Waals surface area contributed by atoms with Crippen molar-refractivity contribution in [2.45, 2.75) is 38.3 Å². The van der Waals surface area contributed by atoms with Crippen molar-refractivity contribution in [3.8, 4) is 0 Å². The Kier molecular flexibility index (Phi) is 3.23. The first kappa shape index (κ1) is 14.4. The Morgan fingerprint density at radius 2 is 1.87 bits per heavy atom. The van der Waals surface area contributed by atoms with Gasteiger partial charge in [0.05, 0.1) is 0 Å². The van der Waals surface area contributed by atoms with Gasteiger partial charge in [-0.25, -0.2) is 0 Å². The molecule has 1 aromatic carbocycles. The third kappa shape index (κ3) is 2.25. The number of benzene rings is 1. The van der Waals surface area contributed by atoms with Gasteiger partial charge in [0.15, 0.2) is 0 Å². The van der Waals surface area contributed by atoms with Crippen molar-refractivity contribution in [3.05, 3.63) is 34.4 Å². The van der Waals surface area contributed by atoms with Crippen molar-refractivity contribution >= 4 is 17.7 Å². The summed E-state index contributed by atoms with van der Waals surface area (Å²) in [7, 11) is 0. The molecule has 0 aromatic heterocycles. The average molecular weight is 314 g/mol. The molecule has 0 radical (unpaired) electrons. The number of nitrogens with zero attached hydrogens (tertiary/aromatic N) is 1. The molecule has 1 aromatic rings. The van der Waals surface area contributed by atoms with Crippen molar-refractivity contribution in [2.75, 3.05) is 6.61 Å². The number of carbonyl (C=O) groups excluding carboxylic acids is 3. The van der Waals surface area contributed by atoms with E-state index in [0.717, 1.165) is 24.0 Å². The minimum absolute atomic E-state index is 0.134. The average Bonchev–Trinajstić information content (AvgIpc) is 3.06. The second-order valence-corrected chi connectivity index (χ2v) is 6.63. The van der Waals surface area contributed by atoms with Crippen LogP contribution in [0.25, 0.3) is 0 Å². The van der Waals surface area contributed by atoms with E-state index in [1.165, 1.54) is 5.56 Å². The van der Waals surface area contributed by atoms with Gasteiger partial charge in [-0.1, -0.05) is 6.07 Å². The molecule has 2 aliphatic heterocycles. The maximum atomic E-state index is 12.7. The van der Waals surface area contributed by atoms with E-state index in [1.807, 2.05) is 12.1 Å². The molecule has 2 heterocycles. The van der Waals surface area contributed by atoms with Gasteiger partial charge >= 0.3 is 0 Å². The maximum Gasteiger partial charge on any atom is 0.255 e. The molecule has 120 valence electrons. The Bertz CT molecular complexity index is 728. The Balaban J connectivity index is 1.60. The van der Waals surface area contributed by atoms with Gasteiger partial charge < -0.3 is 10.0 Å². The number of piperidine rings is 1. The predicted molar refractivity (Wildman–Crippen MR) is 80.5 cm³/mol. The molecule has 23 heavy (non-hydrogen) atoms. The third-order valence-corrected chi connectivity index (χ3v) is 5.12. The predicted octanol–water partition coefficient (Wildman–Crippen LogP) is 0.155. The van der Waals surface area contributed by atoms with Gasteiger partial charge in [0.25, 0.3) is 5.91 Å². The maximum absolute atomic E-state index is 12.7. The summed E-state index contributed by atoms with van der Waals surface area (Å²) in [4.78, 5) is 37.6. The zero-order valence-corrected chi connectivity index (χ0v) is 12.7. The number of carbonyl (C=O) groups is 3. The zero-order valence-electron chi connectivity index (χ0n) is 12.7. The third-order valence-electron chi connectivity index (χ3n) is 5.12. The van der Waals surface area contributed by atoms with Gasteiger partial charge in [0.1, 0.15) is 6.04 Å². The van der Waals surface area contributed by atoms with E-state index in [0.29, 0.717) is 18.5 Å². The Morgan fingerprint density at radius 1 is 1.13 bits per heavy atom. The minimum atomic E-state index is -0.562. The summed E-state index contributed by atoms with van der Waals surface area (Å²) in [6, 6.07) is 3.41. The standard InChI is InChI=1S/C17H18N2O4/c20-8-9-3-10-5-12-7-19(14-1-2-15(21)18-16(14)22)17(23)13(12)6-11(10)4-9/h5-6,9,14,20H,1-4,7-8H2,(H,18,21,22). The van der Waals surface area contributed by atoms with Crippen LogP contribution in [0.15, 0.2) is 12.1 Å². The van der Waals surface area contributed by atoms with E-state index in [9.17, 15) is 19.5 Å². The number of imide groups is 1. The number of nitrogens with one attached hydrogen (secondary N) is 1. The molecule has 1 aliphatic carbocycles. The Morgan fingerprint density at radius 3 is 2.57 bits per heavy atom. The lowest BCUT2D eigenvalue weighted by atomic mass is 10.0. The summed E-state index contributed by atoms with van der Waals surface area (Å²) in [6.45, 7) is 0.577. The molecule has 6 heteroatoms. The summed E-state index contributed by atoms with van der Waals surface area (Å²) < 4.78 is 0. The summed E-state index contributed by atoms with van der Waals surface area (Å²) in [5.41, 5.74) is 3.92. The minimum Gasteiger partial charge on any atom is -0.396 e. The number of aliphatic hydroxyl groups excluding tert-OH is 1. The molecule has 6 nitrogen and oxygen atoms in total. The van der Waals surface area contributed by atoms with Crippen LogP contribution in [-0.2, 0) is 29.0 Å². The van der Waals surface area contributed by atoms with Gasteiger partial charge in [-0.05, 0) is 47.9 Å². The molecule has 0 spiro atoms. The molecule has 2 N–H and O–H groups in total. The number of hydrogen-bond acceptors (Lipinski definition) is 4. The van der Waals surface area contributed by atoms with E-state index < -0.39 is 6.04 Å². The van der Waals surface area contributed by atoms with Crippen LogP contribution in [-0.4, -0.2) is 40.4 Å². The fraction of sp³-hybridized carbons (Fsp3) is 0.471. The molecular formula is C17H18N2O4. The number of hydrogen-bond donors (Lipinski definition) is 2. The fourth-order valence-corrected chi connectivity index (χ4v) is 3.91. The first-order valence-electron chi connectivity index (χ1n) is 7.97. The van der Waals surface area contributed by atoms with Crippen molar-refractivity contribution in [1.29, 1.82) is 0 Å². The van der Waals surface area contributed by atoms with Crippen molar-refractivity contribution in [3.63, 3.8) is 0 Å². The summed E-state index contributed by atoms with van der Waals surface area (Å²) in [6.07, 6.45) is 2.29. The van der Waals surface area contributed by atoms with E-state index in [4.69, 9.17) is 0 Å². The highest BCUT2D eigenvalue weighted by Gasteiger charge is 2.39. The van der Waals surface area contributed by atoms with Crippen LogP contribution in [0.4, 0.5) is 0 Å². The molecule has 4 rings (SSSR count). The largest absolute Gasteiger partial charge is 0.396 e. The number of aliphatic hydroxyl groups is 1.